The Morgan fingerprint density at radius 2 is 1.94 bits per heavy atom. The number of hydrogen-bond donors (Lipinski definition) is 1. The third kappa shape index (κ3) is 2.04. The minimum absolute atomic E-state index is 0.0838. The molecule has 0 atom stereocenters. The van der Waals surface area contributed by atoms with E-state index in [1.807, 2.05) is 18.2 Å². The molecule has 0 aromatic heterocycles. The van der Waals surface area contributed by atoms with Crippen LogP contribution in [0.1, 0.15) is 17.5 Å². The van der Waals surface area contributed by atoms with E-state index in [2.05, 4.69) is 17.4 Å². The molecule has 1 N–H and O–H groups in total. The van der Waals surface area contributed by atoms with Crippen LogP contribution in [-0.2, 0) is 12.8 Å². The number of hydrogen-bond acceptors (Lipinski definition) is 3. The molecule has 0 radical (unpaired) electrons. The number of allylic oxidation sites excluding steroid dienone is 1. The summed E-state index contributed by atoms with van der Waals surface area (Å²) in [5.74, 6) is 0. The highest BCUT2D eigenvalue weighted by Crippen LogP contribution is 2.24. The van der Waals surface area contributed by atoms with Gasteiger partial charge in [0.15, 0.2) is 0 Å². The molecule has 3 heteroatoms. The monoisotopic (exact) mass is 209 g/mol. The molecule has 0 aliphatic heterocycles. The number of nitrogens with zero attached hydrogens (tertiary/aromatic N) is 2. The van der Waals surface area contributed by atoms with Crippen LogP contribution in [0.5, 0.6) is 0 Å². The molecule has 2 rings (SSSR count). The molecule has 16 heavy (non-hydrogen) atoms. The van der Waals surface area contributed by atoms with E-state index in [1.54, 1.807) is 0 Å². The molecule has 0 unspecified atom stereocenters. The topological polar surface area (TPSA) is 59.6 Å². The smallest absolute Gasteiger partial charge is 0.145 e. The Bertz CT molecular complexity index is 499. The Morgan fingerprint density at radius 1 is 1.19 bits per heavy atom. The van der Waals surface area contributed by atoms with Gasteiger partial charge >= 0.3 is 0 Å². The summed E-state index contributed by atoms with van der Waals surface area (Å²) in [4.78, 5) is 0. The third-order valence-corrected chi connectivity index (χ3v) is 2.72. The molecule has 1 aromatic carbocycles. The fourth-order valence-corrected chi connectivity index (χ4v) is 1.91. The number of rotatable bonds is 2. The van der Waals surface area contributed by atoms with Crippen molar-refractivity contribution in [2.75, 3.05) is 5.32 Å². The first-order valence-corrected chi connectivity index (χ1v) is 5.22. The van der Waals surface area contributed by atoms with Crippen LogP contribution in [0.3, 0.4) is 0 Å². The molecule has 0 saturated heterocycles. The average Bonchev–Trinajstić information content (AvgIpc) is 2.77. The van der Waals surface area contributed by atoms with Crippen LogP contribution in [0.2, 0.25) is 0 Å². The van der Waals surface area contributed by atoms with E-state index in [9.17, 15) is 0 Å². The lowest BCUT2D eigenvalue weighted by Crippen LogP contribution is -1.91. The van der Waals surface area contributed by atoms with Crippen LogP contribution in [0.4, 0.5) is 5.69 Å². The lowest BCUT2D eigenvalue weighted by molar-refractivity contribution is 0.912. The van der Waals surface area contributed by atoms with Gasteiger partial charge in [0.2, 0.25) is 0 Å². The summed E-state index contributed by atoms with van der Waals surface area (Å²) in [6, 6.07) is 9.80. The van der Waals surface area contributed by atoms with Crippen LogP contribution in [0.25, 0.3) is 0 Å². The summed E-state index contributed by atoms with van der Waals surface area (Å²) < 4.78 is 0. The molecule has 1 aliphatic rings. The van der Waals surface area contributed by atoms with Crippen molar-refractivity contribution in [3.05, 3.63) is 41.1 Å². The number of aryl methyl sites for hydroxylation is 2. The van der Waals surface area contributed by atoms with E-state index in [4.69, 9.17) is 10.5 Å². The number of benzene rings is 1. The maximum atomic E-state index is 8.58. The molecule has 1 aromatic rings. The van der Waals surface area contributed by atoms with E-state index in [0.717, 1.165) is 18.5 Å². The number of nitriles is 2. The van der Waals surface area contributed by atoms with Crippen molar-refractivity contribution in [3.63, 3.8) is 0 Å². The normalized spacial score (nSPS) is 12.1. The summed E-state index contributed by atoms with van der Waals surface area (Å²) in [5, 5.41) is 20.1. The molecule has 0 saturated carbocycles. The zero-order valence-electron chi connectivity index (χ0n) is 8.83. The Hall–Kier alpha value is -2.26. The Balaban J connectivity index is 2.16. The molecule has 1 aliphatic carbocycles. The summed E-state index contributed by atoms with van der Waals surface area (Å²) in [7, 11) is 0. The van der Waals surface area contributed by atoms with Crippen molar-refractivity contribution < 1.29 is 0 Å². The van der Waals surface area contributed by atoms with Crippen molar-refractivity contribution in [1.29, 1.82) is 10.5 Å². The Kier molecular flexibility index (Phi) is 2.89. The van der Waals surface area contributed by atoms with E-state index < -0.39 is 0 Å². The highest BCUT2D eigenvalue weighted by molar-refractivity contribution is 5.53. The molecule has 78 valence electrons. The second-order valence-electron chi connectivity index (χ2n) is 3.76. The van der Waals surface area contributed by atoms with Gasteiger partial charge in [0.25, 0.3) is 0 Å². The zero-order valence-corrected chi connectivity index (χ0v) is 8.83. The van der Waals surface area contributed by atoms with Gasteiger partial charge in [-0.25, -0.2) is 0 Å². The summed E-state index contributed by atoms with van der Waals surface area (Å²) >= 11 is 0. The minimum atomic E-state index is 0.0838. The standard InChI is InChI=1S/C13H11N3/c14-7-10(8-15)9-16-13-5-4-11-2-1-3-12(11)6-13/h4-6,9,16H,1-3H2. The zero-order chi connectivity index (χ0) is 11.4. The van der Waals surface area contributed by atoms with E-state index >= 15 is 0 Å². The SMILES string of the molecule is N#CC(C#N)=CNc1ccc2c(c1)CCC2. The van der Waals surface area contributed by atoms with Gasteiger partial charge in [-0.05, 0) is 42.5 Å². The van der Waals surface area contributed by atoms with Crippen LogP contribution >= 0.6 is 0 Å². The van der Waals surface area contributed by atoms with Crippen molar-refractivity contribution >= 4 is 5.69 Å². The van der Waals surface area contributed by atoms with Gasteiger partial charge < -0.3 is 5.32 Å². The Morgan fingerprint density at radius 3 is 2.69 bits per heavy atom. The first-order valence-electron chi connectivity index (χ1n) is 5.22. The second kappa shape index (κ2) is 4.51. The number of fused-ring (bicyclic) bond motifs is 1. The number of anilines is 1. The molecule has 0 heterocycles. The summed E-state index contributed by atoms with van der Waals surface area (Å²) in [5.41, 5.74) is 3.80. The lowest BCUT2D eigenvalue weighted by atomic mass is 10.1. The van der Waals surface area contributed by atoms with Gasteiger partial charge in [0.1, 0.15) is 17.7 Å². The van der Waals surface area contributed by atoms with E-state index in [0.29, 0.717) is 0 Å². The maximum absolute atomic E-state index is 8.58. The first-order chi connectivity index (χ1) is 7.83. The predicted molar refractivity (Wildman–Crippen MR) is 61.4 cm³/mol. The maximum Gasteiger partial charge on any atom is 0.145 e. The summed E-state index contributed by atoms with van der Waals surface area (Å²) in [6.45, 7) is 0. The van der Waals surface area contributed by atoms with Gasteiger partial charge in [-0.2, -0.15) is 10.5 Å². The van der Waals surface area contributed by atoms with Crippen LogP contribution in [0, 0.1) is 22.7 Å². The predicted octanol–water partition coefficient (Wildman–Crippen LogP) is 2.52. The first kappa shape index (κ1) is 10.3. The molecule has 0 amide bonds. The van der Waals surface area contributed by atoms with E-state index in [-0.39, 0.29) is 5.57 Å². The quantitative estimate of drug-likeness (QED) is 0.761. The summed E-state index contributed by atoms with van der Waals surface area (Å²) in [6.07, 6.45) is 4.94. The van der Waals surface area contributed by atoms with Crippen LogP contribution in [0.15, 0.2) is 30.0 Å². The van der Waals surface area contributed by atoms with Crippen molar-refractivity contribution in [1.82, 2.24) is 0 Å². The van der Waals surface area contributed by atoms with Gasteiger partial charge in [-0.1, -0.05) is 6.07 Å². The van der Waals surface area contributed by atoms with Gasteiger partial charge in [0, 0.05) is 11.9 Å². The van der Waals surface area contributed by atoms with Gasteiger partial charge in [0.05, 0.1) is 0 Å². The average molecular weight is 209 g/mol. The van der Waals surface area contributed by atoms with Crippen molar-refractivity contribution in [3.8, 4) is 12.1 Å². The van der Waals surface area contributed by atoms with Crippen molar-refractivity contribution in [2.24, 2.45) is 0 Å². The number of nitrogens with one attached hydrogen (secondary N) is 1. The fourth-order valence-electron chi connectivity index (χ4n) is 1.91. The fraction of sp³-hybridized carbons (Fsp3) is 0.231. The highest BCUT2D eigenvalue weighted by atomic mass is 14.8. The lowest BCUT2D eigenvalue weighted by Gasteiger charge is -2.04. The second-order valence-corrected chi connectivity index (χ2v) is 3.76. The van der Waals surface area contributed by atoms with Crippen LogP contribution < -0.4 is 5.32 Å². The largest absolute Gasteiger partial charge is 0.360 e. The minimum Gasteiger partial charge on any atom is -0.360 e. The van der Waals surface area contributed by atoms with E-state index in [1.165, 1.54) is 23.7 Å². The highest BCUT2D eigenvalue weighted by Gasteiger charge is 2.10. The molecule has 0 bridgehead atoms. The van der Waals surface area contributed by atoms with Crippen molar-refractivity contribution in [2.45, 2.75) is 19.3 Å². The molecular weight excluding hydrogens is 198 g/mol. The molecular formula is C13H11N3. The Labute approximate surface area is 94.6 Å². The molecule has 0 fully saturated rings. The molecule has 0 spiro atoms. The molecule has 3 nitrogen and oxygen atoms in total. The third-order valence-electron chi connectivity index (χ3n) is 2.72. The van der Waals surface area contributed by atoms with Crippen LogP contribution in [-0.4, -0.2) is 0 Å². The van der Waals surface area contributed by atoms with Gasteiger partial charge in [-0.3, -0.25) is 0 Å². The van der Waals surface area contributed by atoms with Gasteiger partial charge in [-0.15, -0.1) is 0 Å².